The number of benzene rings is 2. The summed E-state index contributed by atoms with van der Waals surface area (Å²) in [7, 11) is 0. The number of aryl methyl sites for hydroxylation is 1. The lowest BCUT2D eigenvalue weighted by Gasteiger charge is -2.07. The summed E-state index contributed by atoms with van der Waals surface area (Å²) in [5, 5.41) is 0. The zero-order valence-electron chi connectivity index (χ0n) is 14.9. The molecular formula is C20H20N2O5. The van der Waals surface area contributed by atoms with Gasteiger partial charge in [-0.2, -0.15) is 0 Å². The van der Waals surface area contributed by atoms with Gasteiger partial charge in [0.25, 0.3) is 5.91 Å². The lowest BCUT2D eigenvalue weighted by Crippen LogP contribution is -2.41. The van der Waals surface area contributed by atoms with Crippen molar-refractivity contribution < 1.29 is 23.9 Å². The first-order valence-corrected chi connectivity index (χ1v) is 8.35. The van der Waals surface area contributed by atoms with Crippen LogP contribution < -0.4 is 10.9 Å². The molecule has 0 radical (unpaired) electrons. The maximum Gasteiger partial charge on any atom is 0.306 e. The molecule has 27 heavy (non-hydrogen) atoms. The summed E-state index contributed by atoms with van der Waals surface area (Å²) in [4.78, 5) is 47.0. The Morgan fingerprint density at radius 3 is 2.15 bits per heavy atom. The lowest BCUT2D eigenvalue weighted by atomic mass is 10.1. The van der Waals surface area contributed by atoms with Crippen molar-refractivity contribution in [3.05, 3.63) is 71.3 Å². The predicted octanol–water partition coefficient (Wildman–Crippen LogP) is 1.96. The highest BCUT2D eigenvalue weighted by Crippen LogP contribution is 2.05. The zero-order valence-corrected chi connectivity index (χ0v) is 14.9. The highest BCUT2D eigenvalue weighted by molar-refractivity contribution is 5.98. The van der Waals surface area contributed by atoms with E-state index in [9.17, 15) is 19.2 Å². The minimum atomic E-state index is -0.667. The van der Waals surface area contributed by atoms with Gasteiger partial charge in [-0.1, -0.05) is 48.0 Å². The van der Waals surface area contributed by atoms with E-state index in [1.54, 1.807) is 54.6 Å². The third kappa shape index (κ3) is 6.74. The van der Waals surface area contributed by atoms with Crippen molar-refractivity contribution >= 4 is 23.6 Å². The van der Waals surface area contributed by atoms with Crippen molar-refractivity contribution in [3.8, 4) is 0 Å². The number of ketones is 1. The molecule has 0 saturated heterocycles. The van der Waals surface area contributed by atoms with Crippen LogP contribution >= 0.6 is 0 Å². The average Bonchev–Trinajstić information content (AvgIpc) is 2.69. The van der Waals surface area contributed by atoms with Crippen molar-refractivity contribution in [2.24, 2.45) is 0 Å². The largest absolute Gasteiger partial charge is 0.457 e. The Balaban J connectivity index is 1.66. The van der Waals surface area contributed by atoms with E-state index in [-0.39, 0.29) is 25.2 Å². The van der Waals surface area contributed by atoms with E-state index in [2.05, 4.69) is 10.9 Å². The van der Waals surface area contributed by atoms with Gasteiger partial charge in [-0.05, 0) is 19.1 Å². The molecule has 2 N–H and O–H groups in total. The van der Waals surface area contributed by atoms with Crippen molar-refractivity contribution in [1.29, 1.82) is 0 Å². The van der Waals surface area contributed by atoms with Gasteiger partial charge in [-0.15, -0.1) is 0 Å². The average molecular weight is 368 g/mol. The van der Waals surface area contributed by atoms with Gasteiger partial charge in [0.15, 0.2) is 12.4 Å². The minimum absolute atomic E-state index is 0.174. The molecule has 7 nitrogen and oxygen atoms in total. The number of carbonyl (C=O) groups is 4. The molecule has 7 heteroatoms. The van der Waals surface area contributed by atoms with Crippen LogP contribution in [0.5, 0.6) is 0 Å². The van der Waals surface area contributed by atoms with Gasteiger partial charge < -0.3 is 4.74 Å². The number of hydrogen-bond acceptors (Lipinski definition) is 5. The topological polar surface area (TPSA) is 102 Å². The molecule has 0 bridgehead atoms. The van der Waals surface area contributed by atoms with Gasteiger partial charge >= 0.3 is 5.97 Å². The van der Waals surface area contributed by atoms with E-state index in [0.717, 1.165) is 5.56 Å². The molecule has 0 unspecified atom stereocenters. The fourth-order valence-electron chi connectivity index (χ4n) is 2.11. The maximum absolute atomic E-state index is 11.9. The molecular weight excluding hydrogens is 348 g/mol. The first kappa shape index (κ1) is 19.8. The fourth-order valence-corrected chi connectivity index (χ4v) is 2.11. The van der Waals surface area contributed by atoms with E-state index in [0.29, 0.717) is 11.1 Å². The molecule has 2 aromatic rings. The summed E-state index contributed by atoms with van der Waals surface area (Å²) in [5.74, 6) is -1.99. The first-order valence-electron chi connectivity index (χ1n) is 8.35. The standard InChI is InChI=1S/C20H20N2O5/c1-14-7-9-15(10-8-14)17(23)13-27-19(25)12-11-18(24)21-22-20(26)16-5-3-2-4-6-16/h2-10H,11-13H2,1H3,(H,21,24)(H,22,26). The molecule has 0 atom stereocenters. The van der Waals surface area contributed by atoms with Crippen molar-refractivity contribution in [3.63, 3.8) is 0 Å². The van der Waals surface area contributed by atoms with Gasteiger partial charge in [0.2, 0.25) is 5.91 Å². The number of hydrogen-bond donors (Lipinski definition) is 2. The van der Waals surface area contributed by atoms with Gasteiger partial charge in [0, 0.05) is 17.5 Å². The molecule has 2 amide bonds. The quantitative estimate of drug-likeness (QED) is 0.442. The number of amides is 2. The van der Waals surface area contributed by atoms with Gasteiger partial charge in [0.05, 0.1) is 6.42 Å². The van der Waals surface area contributed by atoms with Crippen LogP contribution in [0.4, 0.5) is 0 Å². The molecule has 0 aliphatic rings. The zero-order chi connectivity index (χ0) is 19.6. The molecule has 0 saturated carbocycles. The van der Waals surface area contributed by atoms with E-state index in [1.165, 1.54) is 0 Å². The van der Waals surface area contributed by atoms with Crippen molar-refractivity contribution in [2.45, 2.75) is 19.8 Å². The Bertz CT molecular complexity index is 816. The fraction of sp³-hybridized carbons (Fsp3) is 0.200. The van der Waals surface area contributed by atoms with E-state index < -0.39 is 17.8 Å². The van der Waals surface area contributed by atoms with Gasteiger partial charge in [0.1, 0.15) is 0 Å². The highest BCUT2D eigenvalue weighted by Gasteiger charge is 2.12. The summed E-state index contributed by atoms with van der Waals surface area (Å²) in [6, 6.07) is 15.3. The Morgan fingerprint density at radius 1 is 0.815 bits per heavy atom. The number of nitrogens with one attached hydrogen (secondary N) is 2. The monoisotopic (exact) mass is 368 g/mol. The van der Waals surface area contributed by atoms with Crippen LogP contribution in [-0.4, -0.2) is 30.2 Å². The van der Waals surface area contributed by atoms with Crippen LogP contribution in [0.1, 0.15) is 39.1 Å². The summed E-state index contributed by atoms with van der Waals surface area (Å²) in [6.45, 7) is 1.52. The molecule has 0 aliphatic heterocycles. The van der Waals surface area contributed by atoms with E-state index >= 15 is 0 Å². The third-order valence-electron chi connectivity index (χ3n) is 3.65. The first-order chi connectivity index (χ1) is 13.0. The van der Waals surface area contributed by atoms with Gasteiger partial charge in [-0.3, -0.25) is 30.0 Å². The summed E-state index contributed by atoms with van der Waals surface area (Å²) >= 11 is 0. The number of Topliss-reactive ketones (excluding diaryl/α,β-unsaturated/α-hetero) is 1. The van der Waals surface area contributed by atoms with Gasteiger partial charge in [-0.25, -0.2) is 0 Å². The van der Waals surface area contributed by atoms with Crippen molar-refractivity contribution in [2.75, 3.05) is 6.61 Å². The van der Waals surface area contributed by atoms with Crippen LogP contribution in [-0.2, 0) is 14.3 Å². The molecule has 0 aromatic heterocycles. The van der Waals surface area contributed by atoms with Crippen LogP contribution in [0, 0.1) is 6.92 Å². The van der Waals surface area contributed by atoms with Crippen LogP contribution in [0.2, 0.25) is 0 Å². The maximum atomic E-state index is 11.9. The molecule has 0 spiro atoms. The molecule has 0 heterocycles. The number of ether oxygens (including phenoxy) is 1. The van der Waals surface area contributed by atoms with Crippen LogP contribution in [0.25, 0.3) is 0 Å². The summed E-state index contributed by atoms with van der Waals surface area (Å²) < 4.78 is 4.88. The minimum Gasteiger partial charge on any atom is -0.457 e. The lowest BCUT2D eigenvalue weighted by molar-refractivity contribution is -0.143. The molecule has 2 rings (SSSR count). The Labute approximate surface area is 156 Å². The molecule has 0 aliphatic carbocycles. The summed E-state index contributed by atoms with van der Waals surface area (Å²) in [6.07, 6.45) is -0.374. The predicted molar refractivity (Wildman–Crippen MR) is 97.8 cm³/mol. The van der Waals surface area contributed by atoms with E-state index in [4.69, 9.17) is 4.74 Å². The third-order valence-corrected chi connectivity index (χ3v) is 3.65. The van der Waals surface area contributed by atoms with Crippen molar-refractivity contribution in [1.82, 2.24) is 10.9 Å². The second kappa shape index (κ2) is 9.86. The molecule has 2 aromatic carbocycles. The Kier molecular flexibility index (Phi) is 7.25. The normalized spacial score (nSPS) is 9.96. The SMILES string of the molecule is Cc1ccc(C(=O)COC(=O)CCC(=O)NNC(=O)c2ccccc2)cc1. The smallest absolute Gasteiger partial charge is 0.306 e. The van der Waals surface area contributed by atoms with Crippen LogP contribution in [0.15, 0.2) is 54.6 Å². The second-order valence-electron chi connectivity index (χ2n) is 5.82. The molecule has 140 valence electrons. The van der Waals surface area contributed by atoms with Crippen LogP contribution in [0.3, 0.4) is 0 Å². The number of esters is 1. The number of rotatable bonds is 7. The Morgan fingerprint density at radius 2 is 1.48 bits per heavy atom. The molecule has 0 fully saturated rings. The number of hydrazine groups is 1. The second-order valence-corrected chi connectivity index (χ2v) is 5.82. The number of carbonyl (C=O) groups excluding carboxylic acids is 4. The van der Waals surface area contributed by atoms with E-state index in [1.807, 2.05) is 6.92 Å². The summed E-state index contributed by atoms with van der Waals surface area (Å²) in [5.41, 5.74) is 6.34. The highest BCUT2D eigenvalue weighted by atomic mass is 16.5. The Hall–Kier alpha value is -3.48.